The predicted molar refractivity (Wildman–Crippen MR) is 130 cm³/mol. The minimum atomic E-state index is -4.07. The molecule has 0 aliphatic heterocycles. The molecule has 0 unspecified atom stereocenters. The Kier molecular flexibility index (Phi) is 8.50. The molecular weight excluding hydrogens is 480 g/mol. The molecule has 0 atom stereocenters. The molecule has 3 rings (SSSR count). The van der Waals surface area contributed by atoms with Crippen LogP contribution in [0.2, 0.25) is 5.02 Å². The number of halogens is 1. The first-order chi connectivity index (χ1) is 16.3. The molecule has 0 aliphatic rings. The molecule has 0 heterocycles. The van der Waals surface area contributed by atoms with Gasteiger partial charge in [0.05, 0.1) is 19.9 Å². The average molecular weight is 503 g/mol. The summed E-state index contributed by atoms with van der Waals surface area (Å²) < 4.78 is 41.3. The van der Waals surface area contributed by atoms with Gasteiger partial charge in [0.2, 0.25) is 0 Å². The topological polar surface area (TPSA) is 103 Å². The molecule has 34 heavy (non-hydrogen) atoms. The van der Waals surface area contributed by atoms with Gasteiger partial charge in [-0.05, 0) is 55.0 Å². The van der Waals surface area contributed by atoms with Gasteiger partial charge in [0, 0.05) is 16.1 Å². The van der Waals surface area contributed by atoms with E-state index in [9.17, 15) is 13.2 Å². The SMILES string of the molecule is CCCOc1ccc(C(=O)N/N=C/c2cc(Cl)ccc2OS(=O)(=O)c2ccccc2)cc1OC. The summed E-state index contributed by atoms with van der Waals surface area (Å²) in [5.74, 6) is 0.454. The zero-order valence-electron chi connectivity index (χ0n) is 18.5. The largest absolute Gasteiger partial charge is 0.493 e. The molecule has 0 saturated heterocycles. The van der Waals surface area contributed by atoms with Crippen molar-refractivity contribution in [3.8, 4) is 17.2 Å². The van der Waals surface area contributed by atoms with Crippen LogP contribution in [0.1, 0.15) is 29.3 Å². The summed E-state index contributed by atoms with van der Waals surface area (Å²) in [6.07, 6.45) is 2.08. The second-order valence-electron chi connectivity index (χ2n) is 6.95. The fourth-order valence-electron chi connectivity index (χ4n) is 2.81. The third kappa shape index (κ3) is 6.49. The van der Waals surface area contributed by atoms with Gasteiger partial charge in [-0.3, -0.25) is 4.79 Å². The number of nitrogens with one attached hydrogen (secondary N) is 1. The highest BCUT2D eigenvalue weighted by molar-refractivity contribution is 7.87. The van der Waals surface area contributed by atoms with Crippen LogP contribution < -0.4 is 19.1 Å². The highest BCUT2D eigenvalue weighted by Crippen LogP contribution is 2.28. The van der Waals surface area contributed by atoms with Crippen molar-refractivity contribution in [3.05, 3.63) is 82.9 Å². The summed E-state index contributed by atoms with van der Waals surface area (Å²) in [6, 6.07) is 16.9. The molecular formula is C24H23ClN2O6S. The lowest BCUT2D eigenvalue weighted by atomic mass is 10.2. The number of benzene rings is 3. The molecule has 0 saturated carbocycles. The number of hydrogen-bond donors (Lipinski definition) is 1. The van der Waals surface area contributed by atoms with E-state index >= 15 is 0 Å². The number of rotatable bonds is 10. The van der Waals surface area contributed by atoms with Gasteiger partial charge in [-0.25, -0.2) is 5.43 Å². The van der Waals surface area contributed by atoms with Crippen molar-refractivity contribution in [2.75, 3.05) is 13.7 Å². The van der Waals surface area contributed by atoms with Crippen LogP contribution in [0.15, 0.2) is 76.7 Å². The van der Waals surface area contributed by atoms with Crippen LogP contribution in [-0.4, -0.2) is 34.3 Å². The number of ether oxygens (including phenoxy) is 2. The fourth-order valence-corrected chi connectivity index (χ4v) is 3.97. The van der Waals surface area contributed by atoms with Crippen molar-refractivity contribution < 1.29 is 26.9 Å². The molecule has 3 aromatic rings. The van der Waals surface area contributed by atoms with Crippen LogP contribution in [0.3, 0.4) is 0 Å². The Balaban J connectivity index is 1.76. The normalized spacial score (nSPS) is 11.3. The van der Waals surface area contributed by atoms with Crippen LogP contribution in [0.5, 0.6) is 17.2 Å². The maximum absolute atomic E-state index is 12.6. The van der Waals surface area contributed by atoms with E-state index in [0.717, 1.165) is 6.42 Å². The average Bonchev–Trinajstić information content (AvgIpc) is 2.84. The molecule has 3 aromatic carbocycles. The van der Waals surface area contributed by atoms with Crippen LogP contribution in [-0.2, 0) is 10.1 Å². The smallest absolute Gasteiger partial charge is 0.339 e. The van der Waals surface area contributed by atoms with Crippen LogP contribution >= 0.6 is 11.6 Å². The standard InChI is InChI=1S/C24H23ClN2O6S/c1-3-13-32-22-11-9-17(15-23(22)31-2)24(28)27-26-16-18-14-19(25)10-12-21(18)33-34(29,30)20-7-5-4-6-8-20/h4-12,14-16H,3,13H2,1-2H3,(H,27,28)/b26-16+. The number of hydrogen-bond acceptors (Lipinski definition) is 7. The van der Waals surface area contributed by atoms with Crippen LogP contribution in [0.25, 0.3) is 0 Å². The zero-order chi connectivity index (χ0) is 24.6. The number of amides is 1. The lowest BCUT2D eigenvalue weighted by Crippen LogP contribution is -2.18. The summed E-state index contributed by atoms with van der Waals surface area (Å²) in [4.78, 5) is 12.5. The Labute approximate surface area is 203 Å². The van der Waals surface area contributed by atoms with Crippen LogP contribution in [0.4, 0.5) is 0 Å². The number of nitrogens with zero attached hydrogens (tertiary/aromatic N) is 1. The quantitative estimate of drug-likeness (QED) is 0.245. The van der Waals surface area contributed by atoms with Gasteiger partial charge in [0.15, 0.2) is 17.2 Å². The molecule has 1 N–H and O–H groups in total. The van der Waals surface area contributed by atoms with E-state index in [1.165, 1.54) is 49.7 Å². The minimum Gasteiger partial charge on any atom is -0.493 e. The molecule has 178 valence electrons. The Morgan fingerprint density at radius 1 is 1.03 bits per heavy atom. The Morgan fingerprint density at radius 2 is 1.76 bits per heavy atom. The van der Waals surface area contributed by atoms with Gasteiger partial charge in [0.25, 0.3) is 5.91 Å². The lowest BCUT2D eigenvalue weighted by Gasteiger charge is -2.11. The van der Waals surface area contributed by atoms with E-state index in [-0.39, 0.29) is 16.2 Å². The maximum atomic E-state index is 12.6. The molecule has 0 bridgehead atoms. The van der Waals surface area contributed by atoms with Gasteiger partial charge in [-0.2, -0.15) is 13.5 Å². The summed E-state index contributed by atoms with van der Waals surface area (Å²) in [5.41, 5.74) is 2.94. The predicted octanol–water partition coefficient (Wildman–Crippen LogP) is 4.67. The maximum Gasteiger partial charge on any atom is 0.339 e. The molecule has 0 fully saturated rings. The van der Waals surface area contributed by atoms with Crippen molar-refractivity contribution in [3.63, 3.8) is 0 Å². The van der Waals surface area contributed by atoms with Crippen molar-refractivity contribution in [1.82, 2.24) is 5.43 Å². The van der Waals surface area contributed by atoms with Crippen molar-refractivity contribution >= 4 is 33.8 Å². The van der Waals surface area contributed by atoms with E-state index in [2.05, 4.69) is 10.5 Å². The third-order valence-corrected chi connectivity index (χ3v) is 5.94. The molecule has 0 aliphatic carbocycles. The fraction of sp³-hybridized carbons (Fsp3) is 0.167. The van der Waals surface area contributed by atoms with Crippen molar-refractivity contribution in [1.29, 1.82) is 0 Å². The van der Waals surface area contributed by atoms with E-state index < -0.39 is 16.0 Å². The zero-order valence-corrected chi connectivity index (χ0v) is 20.1. The molecule has 10 heteroatoms. The molecule has 0 radical (unpaired) electrons. The van der Waals surface area contributed by atoms with Crippen molar-refractivity contribution in [2.24, 2.45) is 5.10 Å². The number of methoxy groups -OCH3 is 1. The molecule has 0 spiro atoms. The van der Waals surface area contributed by atoms with Gasteiger partial charge in [-0.15, -0.1) is 0 Å². The highest BCUT2D eigenvalue weighted by Gasteiger charge is 2.18. The first kappa shape index (κ1) is 25.1. The molecule has 1 amide bonds. The van der Waals surface area contributed by atoms with Crippen molar-refractivity contribution in [2.45, 2.75) is 18.2 Å². The second kappa shape index (κ2) is 11.5. The van der Waals surface area contributed by atoms with E-state index in [1.807, 2.05) is 6.92 Å². The second-order valence-corrected chi connectivity index (χ2v) is 8.93. The lowest BCUT2D eigenvalue weighted by molar-refractivity contribution is 0.0954. The first-order valence-electron chi connectivity index (χ1n) is 10.3. The monoisotopic (exact) mass is 502 g/mol. The van der Waals surface area contributed by atoms with Gasteiger partial charge in [0.1, 0.15) is 4.90 Å². The third-order valence-electron chi connectivity index (χ3n) is 4.46. The number of carbonyl (C=O) groups is 1. The Hall–Kier alpha value is -3.56. The van der Waals surface area contributed by atoms with E-state index in [4.69, 9.17) is 25.3 Å². The Morgan fingerprint density at radius 3 is 2.47 bits per heavy atom. The summed E-state index contributed by atoms with van der Waals surface area (Å²) >= 11 is 6.05. The van der Waals surface area contributed by atoms with Crippen LogP contribution in [0, 0.1) is 0 Å². The molecule has 0 aromatic heterocycles. The highest BCUT2D eigenvalue weighted by atomic mass is 35.5. The van der Waals surface area contributed by atoms with Gasteiger partial charge < -0.3 is 13.7 Å². The van der Waals surface area contributed by atoms with Gasteiger partial charge >= 0.3 is 10.1 Å². The number of hydrazone groups is 1. The van der Waals surface area contributed by atoms with E-state index in [1.54, 1.807) is 30.3 Å². The minimum absolute atomic E-state index is 0.00134. The molecule has 8 nitrogen and oxygen atoms in total. The Bertz CT molecular complexity index is 1280. The van der Waals surface area contributed by atoms with Gasteiger partial charge in [-0.1, -0.05) is 36.7 Å². The summed E-state index contributed by atoms with van der Waals surface area (Å²) in [7, 11) is -2.59. The summed E-state index contributed by atoms with van der Waals surface area (Å²) in [6.45, 7) is 2.51. The number of carbonyl (C=O) groups excluding carboxylic acids is 1. The summed E-state index contributed by atoms with van der Waals surface area (Å²) in [5, 5.41) is 4.26. The first-order valence-corrected chi connectivity index (χ1v) is 12.1. The van der Waals surface area contributed by atoms with E-state index in [0.29, 0.717) is 28.7 Å².